The molecule has 29 heavy (non-hydrogen) atoms. The molecule has 3 unspecified atom stereocenters. The minimum Gasteiger partial charge on any atom is -0.497 e. The average Bonchev–Trinajstić information content (AvgIpc) is 3.14. The van der Waals surface area contributed by atoms with Gasteiger partial charge in [-0.1, -0.05) is 12.8 Å². The van der Waals surface area contributed by atoms with E-state index in [4.69, 9.17) is 15.2 Å². The van der Waals surface area contributed by atoms with Gasteiger partial charge in [-0.05, 0) is 32.1 Å². The molecule has 3 N–H and O–H groups in total. The number of carbonyl (C=O) groups is 1. The maximum Gasteiger partial charge on any atom is 0.224 e. The molecule has 1 saturated heterocycles. The van der Waals surface area contributed by atoms with Gasteiger partial charge in [-0.25, -0.2) is 0 Å². The van der Waals surface area contributed by atoms with Gasteiger partial charge in [0.2, 0.25) is 5.91 Å². The van der Waals surface area contributed by atoms with Crippen LogP contribution in [-0.2, 0) is 4.79 Å². The SMILES string of the molecule is COc1cc(OC)cc(N2CCC(CNC(=O)C3CCCCC3(C)N)C2)c1.Cl.Cl. The first-order valence-corrected chi connectivity index (χ1v) is 9.97. The zero-order valence-corrected chi connectivity index (χ0v) is 19.2. The minimum absolute atomic E-state index is 0. The quantitative estimate of drug-likeness (QED) is 0.698. The first-order chi connectivity index (χ1) is 12.9. The van der Waals surface area contributed by atoms with E-state index >= 15 is 0 Å². The number of methoxy groups -OCH3 is 2. The van der Waals surface area contributed by atoms with Crippen LogP contribution in [0, 0.1) is 11.8 Å². The van der Waals surface area contributed by atoms with Crippen LogP contribution in [0.3, 0.4) is 0 Å². The fraction of sp³-hybridized carbons (Fsp3) is 0.667. The fourth-order valence-corrected chi connectivity index (χ4v) is 4.37. The average molecular weight is 448 g/mol. The van der Waals surface area contributed by atoms with Crippen LogP contribution in [-0.4, -0.2) is 45.3 Å². The molecule has 2 fully saturated rings. The van der Waals surface area contributed by atoms with Gasteiger partial charge in [0, 0.05) is 49.1 Å². The number of rotatable bonds is 6. The zero-order chi connectivity index (χ0) is 19.4. The molecule has 1 aliphatic heterocycles. The normalized spacial score (nSPS) is 26.1. The van der Waals surface area contributed by atoms with Crippen LogP contribution in [0.2, 0.25) is 0 Å². The number of hydrogen-bond donors (Lipinski definition) is 2. The Morgan fingerprint density at radius 2 is 1.83 bits per heavy atom. The monoisotopic (exact) mass is 447 g/mol. The summed E-state index contributed by atoms with van der Waals surface area (Å²) in [4.78, 5) is 15.0. The Labute approximate surface area is 186 Å². The van der Waals surface area contributed by atoms with Crippen molar-refractivity contribution in [2.75, 3.05) is 38.8 Å². The summed E-state index contributed by atoms with van der Waals surface area (Å²) in [6.07, 6.45) is 5.11. The lowest BCUT2D eigenvalue weighted by Crippen LogP contribution is -2.53. The molecule has 1 aromatic carbocycles. The molecule has 0 bridgehead atoms. The molecule has 166 valence electrons. The van der Waals surface area contributed by atoms with Gasteiger partial charge in [-0.15, -0.1) is 24.8 Å². The van der Waals surface area contributed by atoms with E-state index in [9.17, 15) is 4.79 Å². The van der Waals surface area contributed by atoms with Crippen molar-refractivity contribution in [1.29, 1.82) is 0 Å². The zero-order valence-electron chi connectivity index (χ0n) is 17.6. The number of hydrogen-bond acceptors (Lipinski definition) is 5. The molecule has 0 aromatic heterocycles. The van der Waals surface area contributed by atoms with E-state index < -0.39 is 0 Å². The van der Waals surface area contributed by atoms with Crippen molar-refractivity contribution in [3.63, 3.8) is 0 Å². The molecule has 8 heteroatoms. The molecule has 3 atom stereocenters. The molecule has 6 nitrogen and oxygen atoms in total. The minimum atomic E-state index is -0.374. The number of anilines is 1. The van der Waals surface area contributed by atoms with Crippen LogP contribution in [0.4, 0.5) is 5.69 Å². The Hall–Kier alpha value is -1.37. The summed E-state index contributed by atoms with van der Waals surface area (Å²) in [5.74, 6) is 2.09. The maximum absolute atomic E-state index is 12.7. The molecule has 1 amide bonds. The largest absolute Gasteiger partial charge is 0.497 e. The summed E-state index contributed by atoms with van der Waals surface area (Å²) in [5, 5.41) is 3.17. The van der Waals surface area contributed by atoms with Crippen molar-refractivity contribution < 1.29 is 14.3 Å². The first-order valence-electron chi connectivity index (χ1n) is 9.97. The smallest absolute Gasteiger partial charge is 0.224 e. The summed E-state index contributed by atoms with van der Waals surface area (Å²) in [7, 11) is 3.33. The number of halogens is 2. The fourth-order valence-electron chi connectivity index (χ4n) is 4.37. The molecule has 1 aliphatic carbocycles. The highest BCUT2D eigenvalue weighted by molar-refractivity contribution is 5.85. The van der Waals surface area contributed by atoms with Crippen molar-refractivity contribution in [1.82, 2.24) is 5.32 Å². The Kier molecular flexibility index (Phi) is 9.86. The summed E-state index contributed by atoms with van der Waals surface area (Å²) in [6.45, 7) is 4.61. The molecule has 1 aromatic rings. The summed E-state index contributed by atoms with van der Waals surface area (Å²) in [6, 6.07) is 5.95. The van der Waals surface area contributed by atoms with Gasteiger partial charge < -0.3 is 25.4 Å². The van der Waals surface area contributed by atoms with Crippen LogP contribution >= 0.6 is 24.8 Å². The van der Waals surface area contributed by atoms with Crippen LogP contribution in [0.15, 0.2) is 18.2 Å². The van der Waals surface area contributed by atoms with Crippen LogP contribution < -0.4 is 25.4 Å². The summed E-state index contributed by atoms with van der Waals surface area (Å²) in [5.41, 5.74) is 7.09. The van der Waals surface area contributed by atoms with Gasteiger partial charge in [0.25, 0.3) is 0 Å². The molecular weight excluding hydrogens is 413 g/mol. The topological polar surface area (TPSA) is 76.8 Å². The second-order valence-corrected chi connectivity index (χ2v) is 8.22. The second kappa shape index (κ2) is 11.1. The Bertz CT molecular complexity index is 650. The first kappa shape index (κ1) is 25.7. The highest BCUT2D eigenvalue weighted by Crippen LogP contribution is 2.33. The highest BCUT2D eigenvalue weighted by Gasteiger charge is 2.38. The highest BCUT2D eigenvalue weighted by atomic mass is 35.5. The number of ether oxygens (including phenoxy) is 2. The van der Waals surface area contributed by atoms with E-state index in [1.54, 1.807) is 14.2 Å². The number of amides is 1. The van der Waals surface area contributed by atoms with E-state index in [0.29, 0.717) is 12.5 Å². The van der Waals surface area contributed by atoms with Crippen LogP contribution in [0.1, 0.15) is 39.0 Å². The van der Waals surface area contributed by atoms with Gasteiger partial charge in [0.15, 0.2) is 0 Å². The maximum atomic E-state index is 12.7. The van der Waals surface area contributed by atoms with Crippen molar-refractivity contribution in [2.24, 2.45) is 17.6 Å². The van der Waals surface area contributed by atoms with E-state index in [2.05, 4.69) is 10.2 Å². The third-order valence-corrected chi connectivity index (χ3v) is 6.12. The molecule has 3 rings (SSSR count). The number of nitrogens with two attached hydrogens (primary N) is 1. The third kappa shape index (κ3) is 6.30. The molecule has 0 radical (unpaired) electrons. The van der Waals surface area contributed by atoms with E-state index in [-0.39, 0.29) is 42.2 Å². The lowest BCUT2D eigenvalue weighted by Gasteiger charge is -2.37. The predicted octanol–water partition coefficient (Wildman–Crippen LogP) is 3.40. The number of nitrogens with one attached hydrogen (secondary N) is 1. The van der Waals surface area contributed by atoms with Crippen molar-refractivity contribution in [2.45, 2.75) is 44.6 Å². The summed E-state index contributed by atoms with van der Waals surface area (Å²) < 4.78 is 10.7. The van der Waals surface area contributed by atoms with E-state index in [1.807, 2.05) is 25.1 Å². The van der Waals surface area contributed by atoms with Crippen LogP contribution in [0.25, 0.3) is 0 Å². The molecule has 0 spiro atoms. The number of nitrogens with zero attached hydrogens (tertiary/aromatic N) is 1. The number of carbonyl (C=O) groups excluding carboxylic acids is 1. The van der Waals surface area contributed by atoms with Gasteiger partial charge in [-0.3, -0.25) is 4.79 Å². The third-order valence-electron chi connectivity index (χ3n) is 6.12. The Morgan fingerprint density at radius 1 is 1.17 bits per heavy atom. The number of benzene rings is 1. The molecule has 2 aliphatic rings. The Morgan fingerprint density at radius 3 is 2.41 bits per heavy atom. The predicted molar refractivity (Wildman–Crippen MR) is 122 cm³/mol. The van der Waals surface area contributed by atoms with Gasteiger partial charge in [-0.2, -0.15) is 0 Å². The Balaban J connectivity index is 0.00000210. The van der Waals surface area contributed by atoms with Gasteiger partial charge in [0.1, 0.15) is 11.5 Å². The lowest BCUT2D eigenvalue weighted by molar-refractivity contribution is -0.128. The van der Waals surface area contributed by atoms with E-state index in [1.165, 1.54) is 0 Å². The van der Waals surface area contributed by atoms with Gasteiger partial charge >= 0.3 is 0 Å². The van der Waals surface area contributed by atoms with E-state index in [0.717, 1.165) is 62.4 Å². The van der Waals surface area contributed by atoms with Crippen LogP contribution in [0.5, 0.6) is 11.5 Å². The van der Waals surface area contributed by atoms with Gasteiger partial charge in [0.05, 0.1) is 20.1 Å². The summed E-state index contributed by atoms with van der Waals surface area (Å²) >= 11 is 0. The molecule has 1 heterocycles. The van der Waals surface area contributed by atoms with Crippen molar-refractivity contribution >= 4 is 36.4 Å². The van der Waals surface area contributed by atoms with Crippen molar-refractivity contribution in [3.05, 3.63) is 18.2 Å². The standard InChI is InChI=1S/C21H33N3O3.2ClH/c1-21(22)8-5-4-6-19(21)20(25)23-13-15-7-9-24(14-15)16-10-17(26-2)12-18(11-16)27-3;;/h10-12,15,19H,4-9,13-14,22H2,1-3H3,(H,23,25);2*1H. The lowest BCUT2D eigenvalue weighted by atomic mass is 9.74. The molecule has 1 saturated carbocycles. The van der Waals surface area contributed by atoms with Crippen molar-refractivity contribution in [3.8, 4) is 11.5 Å². The molecular formula is C21H35Cl2N3O3. The second-order valence-electron chi connectivity index (χ2n) is 8.22.